The Balaban J connectivity index is 1.07. The Hall–Kier alpha value is -3.03. The number of likely N-dealkylation sites (tertiary alicyclic amines) is 1. The van der Waals surface area contributed by atoms with E-state index in [1.165, 1.54) is 48.1 Å². The molecule has 2 unspecified atom stereocenters. The molecule has 2 aromatic heterocycles. The van der Waals surface area contributed by atoms with Crippen molar-refractivity contribution in [2.75, 3.05) is 19.6 Å². The largest absolute Gasteiger partial charge is 0.338 e. The van der Waals surface area contributed by atoms with Gasteiger partial charge in [0.15, 0.2) is 0 Å². The molecule has 3 saturated heterocycles. The van der Waals surface area contributed by atoms with Gasteiger partial charge < -0.3 is 9.47 Å². The fourth-order valence-corrected chi connectivity index (χ4v) is 9.16. The summed E-state index contributed by atoms with van der Waals surface area (Å²) in [4.78, 5) is 28.5. The highest BCUT2D eigenvalue weighted by molar-refractivity contribution is 7.13. The quantitative estimate of drug-likeness (QED) is 0.256. The van der Waals surface area contributed by atoms with E-state index in [1.807, 2.05) is 13.8 Å². The molecule has 2 aromatic carbocycles. The average Bonchev–Trinajstić information content (AvgIpc) is 3.59. The lowest BCUT2D eigenvalue weighted by Gasteiger charge is -2.45. The lowest BCUT2D eigenvalue weighted by atomic mass is 9.70. The molecule has 214 valence electrons. The lowest BCUT2D eigenvalue weighted by Crippen LogP contribution is -2.49. The third kappa shape index (κ3) is 4.81. The number of aryl methyl sites for hydroxylation is 3. The Kier molecular flexibility index (Phi) is 6.98. The van der Waals surface area contributed by atoms with Crippen LogP contribution in [0, 0.1) is 20.8 Å². The second-order valence-electron chi connectivity index (χ2n) is 12.6. The van der Waals surface area contributed by atoms with E-state index < -0.39 is 0 Å². The van der Waals surface area contributed by atoms with Gasteiger partial charge in [-0.15, -0.1) is 11.3 Å². The van der Waals surface area contributed by atoms with Gasteiger partial charge in [0.2, 0.25) is 0 Å². The van der Waals surface area contributed by atoms with Gasteiger partial charge in [0, 0.05) is 31.2 Å². The van der Waals surface area contributed by atoms with Crippen molar-refractivity contribution >= 4 is 28.3 Å². The van der Waals surface area contributed by atoms with Crippen LogP contribution in [0.25, 0.3) is 11.0 Å². The molecule has 0 aliphatic carbocycles. The number of carbonyl (C=O) groups is 1. The number of carbonyl (C=O) groups excluding carboxylic acids is 1. The van der Waals surface area contributed by atoms with Gasteiger partial charge in [-0.05, 0) is 95.4 Å². The molecular weight excluding hydrogens is 526 g/mol. The van der Waals surface area contributed by atoms with Crippen LogP contribution in [0.1, 0.15) is 82.7 Å². The predicted octanol–water partition coefficient (Wildman–Crippen LogP) is 6.85. The molecule has 3 fully saturated rings. The topological polar surface area (TPSA) is 54.3 Å². The van der Waals surface area contributed by atoms with E-state index in [-0.39, 0.29) is 11.3 Å². The molecule has 1 amide bonds. The van der Waals surface area contributed by atoms with Crippen LogP contribution in [0.5, 0.6) is 0 Å². The summed E-state index contributed by atoms with van der Waals surface area (Å²) in [6, 6.07) is 21.6. The smallest absolute Gasteiger partial charge is 0.265 e. The fraction of sp³-hybridized carbons (Fsp3) is 0.500. The average molecular weight is 568 g/mol. The SMILES string of the molecule is Cc1nc(C)c(C(=O)N2CCC(CCN3C4CC[C@H]3CC(n3c(C)nc5ccccc53)C4)(c3ccccc3)CC2)s1. The molecule has 6 nitrogen and oxygen atoms in total. The first kappa shape index (κ1) is 26.8. The van der Waals surface area contributed by atoms with E-state index in [9.17, 15) is 4.79 Å². The number of fused-ring (bicyclic) bond motifs is 3. The first-order valence-electron chi connectivity index (χ1n) is 15.4. The van der Waals surface area contributed by atoms with Crippen molar-refractivity contribution in [1.29, 1.82) is 0 Å². The van der Waals surface area contributed by atoms with Crippen molar-refractivity contribution in [3.8, 4) is 0 Å². The third-order valence-corrected chi connectivity index (χ3v) is 11.4. The number of piperidine rings is 2. The van der Waals surface area contributed by atoms with Crippen LogP contribution in [-0.2, 0) is 5.41 Å². The molecule has 2 bridgehead atoms. The zero-order chi connectivity index (χ0) is 28.1. The number of hydrogen-bond acceptors (Lipinski definition) is 5. The van der Waals surface area contributed by atoms with E-state index in [2.05, 4.69) is 80.9 Å². The molecule has 5 heterocycles. The molecule has 0 saturated carbocycles. The van der Waals surface area contributed by atoms with Crippen LogP contribution in [0.4, 0.5) is 0 Å². The fourth-order valence-electron chi connectivity index (χ4n) is 8.28. The minimum absolute atomic E-state index is 0.115. The number of hydrogen-bond donors (Lipinski definition) is 0. The number of para-hydroxylation sites is 2. The Morgan fingerprint density at radius 2 is 1.59 bits per heavy atom. The minimum Gasteiger partial charge on any atom is -0.338 e. The second-order valence-corrected chi connectivity index (χ2v) is 13.8. The van der Waals surface area contributed by atoms with E-state index in [1.54, 1.807) is 0 Å². The Bertz CT molecular complexity index is 1540. The van der Waals surface area contributed by atoms with Gasteiger partial charge in [-0.25, -0.2) is 9.97 Å². The van der Waals surface area contributed by atoms with Crippen molar-refractivity contribution in [3.63, 3.8) is 0 Å². The monoisotopic (exact) mass is 567 g/mol. The molecule has 0 N–H and O–H groups in total. The summed E-state index contributed by atoms with van der Waals surface area (Å²) in [6.07, 6.45) is 8.24. The van der Waals surface area contributed by atoms with Crippen LogP contribution in [0.3, 0.4) is 0 Å². The summed E-state index contributed by atoms with van der Waals surface area (Å²) in [6.45, 7) is 8.88. The number of aromatic nitrogens is 3. The van der Waals surface area contributed by atoms with E-state index >= 15 is 0 Å². The lowest BCUT2D eigenvalue weighted by molar-refractivity contribution is 0.0610. The van der Waals surface area contributed by atoms with Gasteiger partial charge in [-0.1, -0.05) is 42.5 Å². The number of amides is 1. The molecule has 41 heavy (non-hydrogen) atoms. The van der Waals surface area contributed by atoms with Gasteiger partial charge in [0.05, 0.1) is 21.7 Å². The number of benzene rings is 2. The minimum atomic E-state index is 0.115. The van der Waals surface area contributed by atoms with E-state index in [0.29, 0.717) is 18.1 Å². The van der Waals surface area contributed by atoms with Crippen LogP contribution < -0.4 is 0 Å². The molecule has 7 rings (SSSR count). The van der Waals surface area contributed by atoms with Gasteiger partial charge in [-0.3, -0.25) is 9.69 Å². The van der Waals surface area contributed by atoms with Crippen molar-refractivity contribution < 1.29 is 4.79 Å². The van der Waals surface area contributed by atoms with Crippen molar-refractivity contribution in [3.05, 3.63) is 81.6 Å². The predicted molar refractivity (Wildman–Crippen MR) is 166 cm³/mol. The number of rotatable bonds is 6. The molecule has 3 aliphatic rings. The van der Waals surface area contributed by atoms with Crippen LogP contribution in [0.15, 0.2) is 54.6 Å². The maximum Gasteiger partial charge on any atom is 0.265 e. The highest BCUT2D eigenvalue weighted by Crippen LogP contribution is 2.45. The summed E-state index contributed by atoms with van der Waals surface area (Å²) in [5, 5.41) is 0.969. The zero-order valence-electron chi connectivity index (χ0n) is 24.6. The van der Waals surface area contributed by atoms with E-state index in [4.69, 9.17) is 4.98 Å². The van der Waals surface area contributed by atoms with Crippen molar-refractivity contribution in [2.24, 2.45) is 0 Å². The van der Waals surface area contributed by atoms with Gasteiger partial charge in [-0.2, -0.15) is 0 Å². The molecule has 3 aliphatic heterocycles. The zero-order valence-corrected chi connectivity index (χ0v) is 25.4. The molecule has 4 aromatic rings. The molecule has 3 atom stereocenters. The molecular formula is C34H41N5OS. The second kappa shape index (κ2) is 10.7. The maximum absolute atomic E-state index is 13.4. The molecule has 0 radical (unpaired) electrons. The van der Waals surface area contributed by atoms with Crippen LogP contribution in [0.2, 0.25) is 0 Å². The van der Waals surface area contributed by atoms with Crippen molar-refractivity contribution in [1.82, 2.24) is 24.3 Å². The van der Waals surface area contributed by atoms with Gasteiger partial charge in [0.1, 0.15) is 10.7 Å². The molecule has 0 spiro atoms. The van der Waals surface area contributed by atoms with Crippen molar-refractivity contribution in [2.45, 2.75) is 89.3 Å². The van der Waals surface area contributed by atoms with Crippen LogP contribution >= 0.6 is 11.3 Å². The Morgan fingerprint density at radius 1 is 0.902 bits per heavy atom. The first-order chi connectivity index (χ1) is 19.9. The summed E-state index contributed by atoms with van der Waals surface area (Å²) in [7, 11) is 0. The standard InChI is InChI=1S/C34H41N5OS/c1-23-32(41-25(3)35-23)33(40)37-18-15-34(16-19-37,26-9-5-4-6-10-26)17-20-38-27-13-14-28(38)22-29(21-27)39-24(2)36-30-11-7-8-12-31(30)39/h4-12,27-29H,13-22H2,1-3H3/t27-,28?,29?/m0/s1. The van der Waals surface area contributed by atoms with Crippen LogP contribution in [-0.4, -0.2) is 62.0 Å². The number of thiazole rings is 1. The first-order valence-corrected chi connectivity index (χ1v) is 16.2. The highest BCUT2D eigenvalue weighted by Gasteiger charge is 2.44. The Morgan fingerprint density at radius 3 is 2.27 bits per heavy atom. The summed E-state index contributed by atoms with van der Waals surface area (Å²) >= 11 is 1.53. The Labute approximate surface area is 247 Å². The van der Waals surface area contributed by atoms with E-state index in [0.717, 1.165) is 65.8 Å². The number of imidazole rings is 1. The normalized spacial score (nSPS) is 24.3. The van der Waals surface area contributed by atoms with Gasteiger partial charge >= 0.3 is 0 Å². The maximum atomic E-state index is 13.4. The van der Waals surface area contributed by atoms with Gasteiger partial charge in [0.25, 0.3) is 5.91 Å². The highest BCUT2D eigenvalue weighted by atomic mass is 32.1. The molecule has 7 heteroatoms. The summed E-state index contributed by atoms with van der Waals surface area (Å²) < 4.78 is 2.53. The summed E-state index contributed by atoms with van der Waals surface area (Å²) in [5.74, 6) is 1.31. The number of nitrogens with zero attached hydrogens (tertiary/aromatic N) is 5. The summed E-state index contributed by atoms with van der Waals surface area (Å²) in [5.41, 5.74) is 4.84. The third-order valence-electron chi connectivity index (χ3n) is 10.3.